The van der Waals surface area contributed by atoms with Crippen LogP contribution in [0.1, 0.15) is 25.3 Å². The lowest BCUT2D eigenvalue weighted by Gasteiger charge is -2.23. The average molecular weight is 192 g/mol. The van der Waals surface area contributed by atoms with Gasteiger partial charge in [-0.2, -0.15) is 0 Å². The first kappa shape index (κ1) is 10.7. The van der Waals surface area contributed by atoms with Crippen molar-refractivity contribution in [3.63, 3.8) is 0 Å². The lowest BCUT2D eigenvalue weighted by atomic mass is 9.91. The fraction of sp³-hybridized carbons (Fsp3) is 0.364. The van der Waals surface area contributed by atoms with E-state index in [9.17, 15) is 5.11 Å². The van der Waals surface area contributed by atoms with Gasteiger partial charge in [0.05, 0.1) is 5.60 Å². The Morgan fingerprint density at radius 2 is 2.43 bits per heavy atom. The molecule has 1 aromatic rings. The molecule has 0 aliphatic heterocycles. The van der Waals surface area contributed by atoms with Gasteiger partial charge in [0.2, 0.25) is 0 Å². The maximum Gasteiger partial charge on any atom is 0.129 e. The standard InChI is InChI=1S/C11H16N2O/c1-3-4-7-11(2,14)9-6-5-8-13-10(9)12/h3,5-6,8,14H,1,4,7H2,2H3,(H2,12,13). The molecule has 1 unspecified atom stereocenters. The number of nitrogen functional groups attached to an aromatic ring is 1. The van der Waals surface area contributed by atoms with Crippen molar-refractivity contribution in [2.45, 2.75) is 25.4 Å². The minimum absolute atomic E-state index is 0.390. The second-order valence-electron chi connectivity index (χ2n) is 3.54. The number of hydrogen-bond donors (Lipinski definition) is 2. The third-order valence-corrected chi connectivity index (χ3v) is 2.25. The highest BCUT2D eigenvalue weighted by Gasteiger charge is 2.24. The third kappa shape index (κ3) is 2.33. The maximum absolute atomic E-state index is 10.1. The molecule has 1 atom stereocenters. The molecule has 0 amide bonds. The van der Waals surface area contributed by atoms with Crippen molar-refractivity contribution in [2.24, 2.45) is 0 Å². The molecule has 0 saturated carbocycles. The van der Waals surface area contributed by atoms with Gasteiger partial charge in [-0.05, 0) is 25.8 Å². The predicted octanol–water partition coefficient (Wildman–Crippen LogP) is 1.84. The second-order valence-corrected chi connectivity index (χ2v) is 3.54. The van der Waals surface area contributed by atoms with Crippen molar-refractivity contribution in [1.29, 1.82) is 0 Å². The van der Waals surface area contributed by atoms with Gasteiger partial charge >= 0.3 is 0 Å². The van der Waals surface area contributed by atoms with Crippen molar-refractivity contribution in [3.8, 4) is 0 Å². The van der Waals surface area contributed by atoms with Crippen LogP contribution in [0.4, 0.5) is 5.82 Å². The Labute approximate surface area is 84.3 Å². The van der Waals surface area contributed by atoms with Crippen LogP contribution in [0.25, 0.3) is 0 Å². The number of nitrogens with zero attached hydrogens (tertiary/aromatic N) is 1. The van der Waals surface area contributed by atoms with E-state index in [2.05, 4.69) is 11.6 Å². The Morgan fingerprint density at radius 1 is 1.71 bits per heavy atom. The van der Waals surface area contributed by atoms with Crippen molar-refractivity contribution in [2.75, 3.05) is 5.73 Å². The van der Waals surface area contributed by atoms with E-state index in [-0.39, 0.29) is 0 Å². The SMILES string of the molecule is C=CCCC(C)(O)c1cccnc1N. The van der Waals surface area contributed by atoms with Gasteiger partial charge in [0.25, 0.3) is 0 Å². The Balaban J connectivity index is 2.91. The smallest absolute Gasteiger partial charge is 0.129 e. The van der Waals surface area contributed by atoms with E-state index in [4.69, 9.17) is 5.73 Å². The zero-order valence-corrected chi connectivity index (χ0v) is 8.40. The molecule has 0 saturated heterocycles. The lowest BCUT2D eigenvalue weighted by Crippen LogP contribution is -2.22. The highest BCUT2D eigenvalue weighted by atomic mass is 16.3. The summed E-state index contributed by atoms with van der Waals surface area (Å²) >= 11 is 0. The highest BCUT2D eigenvalue weighted by molar-refractivity contribution is 5.42. The summed E-state index contributed by atoms with van der Waals surface area (Å²) in [6, 6.07) is 3.57. The van der Waals surface area contributed by atoms with Crippen molar-refractivity contribution >= 4 is 5.82 Å². The van der Waals surface area contributed by atoms with E-state index < -0.39 is 5.60 Å². The topological polar surface area (TPSA) is 59.1 Å². The molecule has 0 aliphatic rings. The molecule has 0 bridgehead atoms. The number of aliphatic hydroxyl groups is 1. The summed E-state index contributed by atoms with van der Waals surface area (Å²) in [7, 11) is 0. The molecule has 1 rings (SSSR count). The third-order valence-electron chi connectivity index (χ3n) is 2.25. The van der Waals surface area contributed by atoms with E-state index >= 15 is 0 Å². The molecule has 3 N–H and O–H groups in total. The average Bonchev–Trinajstić information content (AvgIpc) is 2.15. The van der Waals surface area contributed by atoms with Crippen LogP contribution in [0, 0.1) is 0 Å². The Hall–Kier alpha value is -1.35. The fourth-order valence-corrected chi connectivity index (χ4v) is 1.39. The molecule has 76 valence electrons. The van der Waals surface area contributed by atoms with Crippen LogP contribution in [-0.4, -0.2) is 10.1 Å². The maximum atomic E-state index is 10.1. The van der Waals surface area contributed by atoms with Gasteiger partial charge < -0.3 is 10.8 Å². The fourth-order valence-electron chi connectivity index (χ4n) is 1.39. The van der Waals surface area contributed by atoms with Crippen LogP contribution in [0.5, 0.6) is 0 Å². The normalized spacial score (nSPS) is 14.7. The van der Waals surface area contributed by atoms with Crippen LogP contribution in [0.3, 0.4) is 0 Å². The summed E-state index contributed by atoms with van der Waals surface area (Å²) < 4.78 is 0. The summed E-state index contributed by atoms with van der Waals surface area (Å²) in [4.78, 5) is 3.95. The molecule has 3 heteroatoms. The molecule has 0 aliphatic carbocycles. The Bertz CT molecular complexity index is 321. The van der Waals surface area contributed by atoms with Gasteiger partial charge in [-0.1, -0.05) is 12.1 Å². The summed E-state index contributed by atoms with van der Waals surface area (Å²) in [6.45, 7) is 5.36. The largest absolute Gasteiger partial charge is 0.385 e. The molecule has 0 fully saturated rings. The Kier molecular flexibility index (Phi) is 3.25. The molecular formula is C11H16N2O. The first-order valence-electron chi connectivity index (χ1n) is 4.62. The first-order chi connectivity index (χ1) is 6.58. The van der Waals surface area contributed by atoms with Gasteiger partial charge in [-0.15, -0.1) is 6.58 Å². The van der Waals surface area contributed by atoms with Crippen molar-refractivity contribution in [1.82, 2.24) is 4.98 Å². The molecule has 0 spiro atoms. The summed E-state index contributed by atoms with van der Waals surface area (Å²) in [6.07, 6.45) is 4.75. The summed E-state index contributed by atoms with van der Waals surface area (Å²) in [5.74, 6) is 0.390. The van der Waals surface area contributed by atoms with Gasteiger partial charge in [-0.25, -0.2) is 4.98 Å². The monoisotopic (exact) mass is 192 g/mol. The molecule has 14 heavy (non-hydrogen) atoms. The number of rotatable bonds is 4. The molecule has 3 nitrogen and oxygen atoms in total. The van der Waals surface area contributed by atoms with Crippen LogP contribution < -0.4 is 5.73 Å². The van der Waals surface area contributed by atoms with E-state index in [1.807, 2.05) is 0 Å². The van der Waals surface area contributed by atoms with Crippen LogP contribution >= 0.6 is 0 Å². The van der Waals surface area contributed by atoms with E-state index in [0.717, 1.165) is 6.42 Å². The minimum Gasteiger partial charge on any atom is -0.385 e. The quantitative estimate of drug-likeness (QED) is 0.715. The Morgan fingerprint density at radius 3 is 3.00 bits per heavy atom. The molecule has 0 aromatic carbocycles. The van der Waals surface area contributed by atoms with Gasteiger partial charge in [0.15, 0.2) is 0 Å². The minimum atomic E-state index is -0.924. The number of hydrogen-bond acceptors (Lipinski definition) is 3. The molecule has 1 aromatic heterocycles. The number of pyridine rings is 1. The van der Waals surface area contributed by atoms with Crippen molar-refractivity contribution in [3.05, 3.63) is 36.5 Å². The number of aromatic nitrogens is 1. The van der Waals surface area contributed by atoms with Gasteiger partial charge in [0.1, 0.15) is 5.82 Å². The van der Waals surface area contributed by atoms with Crippen LogP contribution in [0.2, 0.25) is 0 Å². The number of allylic oxidation sites excluding steroid dienone is 1. The number of nitrogens with two attached hydrogens (primary N) is 1. The zero-order chi connectivity index (χ0) is 10.6. The van der Waals surface area contributed by atoms with Crippen LogP contribution in [-0.2, 0) is 5.60 Å². The van der Waals surface area contributed by atoms with Gasteiger partial charge in [0, 0.05) is 11.8 Å². The summed E-state index contributed by atoms with van der Waals surface area (Å²) in [5.41, 5.74) is 5.44. The molecular weight excluding hydrogens is 176 g/mol. The second kappa shape index (κ2) is 4.24. The zero-order valence-electron chi connectivity index (χ0n) is 8.40. The van der Waals surface area contributed by atoms with E-state index in [1.165, 1.54) is 0 Å². The highest BCUT2D eigenvalue weighted by Crippen LogP contribution is 2.28. The van der Waals surface area contributed by atoms with E-state index in [1.54, 1.807) is 31.3 Å². The van der Waals surface area contributed by atoms with Crippen molar-refractivity contribution < 1.29 is 5.11 Å². The summed E-state index contributed by atoms with van der Waals surface area (Å²) in [5, 5.41) is 10.1. The lowest BCUT2D eigenvalue weighted by molar-refractivity contribution is 0.0493. The first-order valence-corrected chi connectivity index (χ1v) is 4.62. The molecule has 0 radical (unpaired) electrons. The van der Waals surface area contributed by atoms with Gasteiger partial charge in [-0.3, -0.25) is 0 Å². The van der Waals surface area contributed by atoms with E-state index in [0.29, 0.717) is 17.8 Å². The molecule has 1 heterocycles. The predicted molar refractivity (Wildman–Crippen MR) is 57.7 cm³/mol. The number of anilines is 1. The van der Waals surface area contributed by atoms with Crippen LogP contribution in [0.15, 0.2) is 31.0 Å².